The molecule has 5 heteroatoms. The van der Waals surface area contributed by atoms with Crippen molar-refractivity contribution in [2.75, 3.05) is 5.43 Å². The lowest BCUT2D eigenvalue weighted by Gasteiger charge is -2.16. The van der Waals surface area contributed by atoms with Crippen molar-refractivity contribution in [1.29, 1.82) is 0 Å². The van der Waals surface area contributed by atoms with E-state index in [1.165, 1.54) is 0 Å². The predicted molar refractivity (Wildman–Crippen MR) is 70.7 cm³/mol. The summed E-state index contributed by atoms with van der Waals surface area (Å²) >= 11 is 0. The molecule has 0 bridgehead atoms. The van der Waals surface area contributed by atoms with E-state index in [9.17, 15) is 4.79 Å². The molecule has 90 valence electrons. The van der Waals surface area contributed by atoms with Crippen LogP contribution in [0.15, 0.2) is 40.2 Å². The average Bonchev–Trinajstić information content (AvgIpc) is 2.40. The minimum absolute atomic E-state index is 0.235. The number of rotatable bonds is 1. The fraction of sp³-hybridized carbons (Fsp3) is 0.154. The number of nitrogens with one attached hydrogen (secondary N) is 2. The Balaban J connectivity index is 2.22. The second-order valence-corrected chi connectivity index (χ2v) is 4.26. The highest BCUT2D eigenvalue weighted by Crippen LogP contribution is 2.26. The number of hydrazone groups is 1. The van der Waals surface area contributed by atoms with Crippen LogP contribution in [0.4, 0.5) is 5.69 Å². The van der Waals surface area contributed by atoms with Gasteiger partial charge in [0.15, 0.2) is 0 Å². The first-order valence-electron chi connectivity index (χ1n) is 5.72. The molecule has 0 spiro atoms. The van der Waals surface area contributed by atoms with E-state index >= 15 is 0 Å². The summed E-state index contributed by atoms with van der Waals surface area (Å²) in [6.45, 7) is 1.92. The minimum atomic E-state index is -0.235. The first kappa shape index (κ1) is 10.7. The molecule has 5 nitrogen and oxygen atoms in total. The second-order valence-electron chi connectivity index (χ2n) is 4.26. The van der Waals surface area contributed by atoms with Crippen LogP contribution in [-0.4, -0.2) is 15.9 Å². The minimum Gasteiger partial charge on any atom is -0.273 e. The van der Waals surface area contributed by atoms with Crippen molar-refractivity contribution in [2.24, 2.45) is 5.10 Å². The summed E-state index contributed by atoms with van der Waals surface area (Å²) in [5.41, 5.74) is 6.68. The van der Waals surface area contributed by atoms with Gasteiger partial charge >= 0.3 is 0 Å². The number of fused-ring (bicyclic) bond motifs is 1. The second kappa shape index (κ2) is 4.10. The third-order valence-corrected chi connectivity index (χ3v) is 2.92. The molecule has 18 heavy (non-hydrogen) atoms. The van der Waals surface area contributed by atoms with Gasteiger partial charge in [0.1, 0.15) is 5.69 Å². The van der Waals surface area contributed by atoms with E-state index in [4.69, 9.17) is 0 Å². The maximum absolute atomic E-state index is 11.7. The predicted octanol–water partition coefficient (Wildman–Crippen LogP) is 1.78. The molecule has 0 saturated carbocycles. The van der Waals surface area contributed by atoms with E-state index in [1.54, 1.807) is 0 Å². The third-order valence-electron chi connectivity index (χ3n) is 2.92. The Hall–Kier alpha value is -2.43. The topological polar surface area (TPSA) is 70.1 Å². The SMILES string of the molecule is CC1=NNc2c(c(-c3ccccc3)n[nH]c2=O)C1. The Morgan fingerprint density at radius 2 is 2.00 bits per heavy atom. The zero-order chi connectivity index (χ0) is 12.5. The summed E-state index contributed by atoms with van der Waals surface area (Å²) < 4.78 is 0. The summed E-state index contributed by atoms with van der Waals surface area (Å²) in [5.74, 6) is 0. The fourth-order valence-corrected chi connectivity index (χ4v) is 2.06. The van der Waals surface area contributed by atoms with Gasteiger partial charge in [-0.15, -0.1) is 0 Å². The number of anilines is 1. The third kappa shape index (κ3) is 1.69. The van der Waals surface area contributed by atoms with Crippen LogP contribution in [0.25, 0.3) is 11.3 Å². The van der Waals surface area contributed by atoms with E-state index in [0.29, 0.717) is 12.1 Å². The van der Waals surface area contributed by atoms with Crippen molar-refractivity contribution in [3.63, 3.8) is 0 Å². The average molecular weight is 240 g/mol. The van der Waals surface area contributed by atoms with Crippen LogP contribution in [0.3, 0.4) is 0 Å². The Morgan fingerprint density at radius 3 is 2.78 bits per heavy atom. The van der Waals surface area contributed by atoms with Crippen LogP contribution < -0.4 is 11.0 Å². The zero-order valence-corrected chi connectivity index (χ0v) is 9.90. The Labute approximate surface area is 104 Å². The summed E-state index contributed by atoms with van der Waals surface area (Å²) in [4.78, 5) is 11.7. The summed E-state index contributed by atoms with van der Waals surface area (Å²) in [6.07, 6.45) is 0.642. The van der Waals surface area contributed by atoms with E-state index in [0.717, 1.165) is 22.5 Å². The standard InChI is InChI=1S/C13H12N4O/c1-8-7-10-11(9-5-3-2-4-6-9)15-17-13(18)12(10)16-14-8/h2-6,16H,7H2,1H3,(H,17,18). The molecular weight excluding hydrogens is 228 g/mol. The molecule has 0 radical (unpaired) electrons. The molecule has 0 saturated heterocycles. The van der Waals surface area contributed by atoms with Crippen molar-refractivity contribution in [3.8, 4) is 11.3 Å². The maximum Gasteiger partial charge on any atom is 0.289 e. The Morgan fingerprint density at radius 1 is 1.22 bits per heavy atom. The summed E-state index contributed by atoms with van der Waals surface area (Å²) in [5, 5.41) is 10.8. The van der Waals surface area contributed by atoms with Gasteiger partial charge in [0.05, 0.1) is 5.69 Å². The molecule has 2 aromatic rings. The van der Waals surface area contributed by atoms with Crippen molar-refractivity contribution in [3.05, 3.63) is 46.2 Å². The van der Waals surface area contributed by atoms with Crippen LogP contribution in [0, 0.1) is 0 Å². The lowest BCUT2D eigenvalue weighted by molar-refractivity contribution is 0.961. The van der Waals surface area contributed by atoms with Gasteiger partial charge in [-0.25, -0.2) is 5.10 Å². The van der Waals surface area contributed by atoms with Gasteiger partial charge in [-0.3, -0.25) is 10.2 Å². The first-order valence-corrected chi connectivity index (χ1v) is 5.72. The number of benzene rings is 1. The van der Waals surface area contributed by atoms with E-state index < -0.39 is 0 Å². The smallest absolute Gasteiger partial charge is 0.273 e. The lowest BCUT2D eigenvalue weighted by Crippen LogP contribution is -2.22. The number of nitrogens with zero attached hydrogens (tertiary/aromatic N) is 2. The molecule has 0 fully saturated rings. The molecule has 0 unspecified atom stereocenters. The van der Waals surface area contributed by atoms with Gasteiger partial charge in [0, 0.05) is 23.3 Å². The number of hydrogen-bond acceptors (Lipinski definition) is 4. The number of aromatic nitrogens is 2. The molecule has 2 heterocycles. The molecule has 2 N–H and O–H groups in total. The van der Waals surface area contributed by atoms with Crippen molar-refractivity contribution >= 4 is 11.4 Å². The molecule has 1 aromatic carbocycles. The van der Waals surface area contributed by atoms with Crippen molar-refractivity contribution in [1.82, 2.24) is 10.2 Å². The van der Waals surface area contributed by atoms with Gasteiger partial charge in [0.2, 0.25) is 0 Å². The Kier molecular flexibility index (Phi) is 2.44. The van der Waals surface area contributed by atoms with Crippen molar-refractivity contribution in [2.45, 2.75) is 13.3 Å². The largest absolute Gasteiger partial charge is 0.289 e. The van der Waals surface area contributed by atoms with Crippen LogP contribution in [0.1, 0.15) is 12.5 Å². The molecule has 3 rings (SSSR count). The molecule has 1 aliphatic rings. The highest BCUT2D eigenvalue weighted by atomic mass is 16.1. The van der Waals surface area contributed by atoms with Crippen LogP contribution in [-0.2, 0) is 6.42 Å². The van der Waals surface area contributed by atoms with E-state index in [2.05, 4.69) is 20.7 Å². The highest BCUT2D eigenvalue weighted by molar-refractivity contribution is 5.90. The molecule has 1 aliphatic heterocycles. The summed E-state index contributed by atoms with van der Waals surface area (Å²) in [7, 11) is 0. The van der Waals surface area contributed by atoms with E-state index in [-0.39, 0.29) is 5.56 Å². The van der Waals surface area contributed by atoms with Crippen LogP contribution in [0.5, 0.6) is 0 Å². The number of aromatic amines is 1. The fourth-order valence-electron chi connectivity index (χ4n) is 2.06. The number of hydrogen-bond donors (Lipinski definition) is 2. The molecule has 0 atom stereocenters. The van der Waals surface area contributed by atoms with Gasteiger partial charge < -0.3 is 0 Å². The molecule has 0 aliphatic carbocycles. The quantitative estimate of drug-likeness (QED) is 0.798. The molecular formula is C13H12N4O. The van der Waals surface area contributed by atoms with Gasteiger partial charge in [0.25, 0.3) is 5.56 Å². The van der Waals surface area contributed by atoms with Gasteiger partial charge in [-0.1, -0.05) is 30.3 Å². The lowest BCUT2D eigenvalue weighted by atomic mass is 10.0. The van der Waals surface area contributed by atoms with Gasteiger partial charge in [-0.05, 0) is 6.92 Å². The normalized spacial score (nSPS) is 13.5. The monoisotopic (exact) mass is 240 g/mol. The van der Waals surface area contributed by atoms with Crippen LogP contribution >= 0.6 is 0 Å². The van der Waals surface area contributed by atoms with E-state index in [1.807, 2.05) is 37.3 Å². The van der Waals surface area contributed by atoms with Crippen LogP contribution in [0.2, 0.25) is 0 Å². The molecule has 1 aromatic heterocycles. The van der Waals surface area contributed by atoms with Crippen molar-refractivity contribution < 1.29 is 0 Å². The first-order chi connectivity index (χ1) is 8.75. The highest BCUT2D eigenvalue weighted by Gasteiger charge is 2.19. The summed E-state index contributed by atoms with van der Waals surface area (Å²) in [6, 6.07) is 9.80. The maximum atomic E-state index is 11.7. The Bertz CT molecular complexity index is 673. The number of H-pyrrole nitrogens is 1. The molecule has 0 amide bonds. The van der Waals surface area contributed by atoms with Gasteiger partial charge in [-0.2, -0.15) is 10.2 Å². The zero-order valence-electron chi connectivity index (χ0n) is 9.90.